The largest absolute Gasteiger partial charge is 0.430 e. The molecule has 0 radical (unpaired) electrons. The number of ether oxygens (including phenoxy) is 1. The summed E-state index contributed by atoms with van der Waals surface area (Å²) in [6.45, 7) is 0. The predicted octanol–water partition coefficient (Wildman–Crippen LogP) is 4.49. The Morgan fingerprint density at radius 1 is 1.35 bits per heavy atom. The lowest BCUT2D eigenvalue weighted by Gasteiger charge is -2.08. The van der Waals surface area contributed by atoms with Crippen LogP contribution in [0.1, 0.15) is 0 Å². The first-order valence-corrected chi connectivity index (χ1v) is 6.84. The molecule has 0 N–H and O–H groups in total. The zero-order valence-corrected chi connectivity index (χ0v) is 13.2. The molecular formula is C10H3Br2ClFN3O3. The summed E-state index contributed by atoms with van der Waals surface area (Å²) < 4.78 is 18.9. The fraction of sp³-hybridized carbons (Fsp3) is 0. The van der Waals surface area contributed by atoms with Crippen LogP contribution in [0.2, 0.25) is 5.15 Å². The van der Waals surface area contributed by atoms with Gasteiger partial charge in [-0.2, -0.15) is 0 Å². The second-order valence-corrected chi connectivity index (χ2v) is 5.38. The minimum atomic E-state index is -0.707. The molecule has 0 saturated heterocycles. The minimum absolute atomic E-state index is 0.0451. The van der Waals surface area contributed by atoms with Crippen molar-refractivity contribution in [1.29, 1.82) is 0 Å². The van der Waals surface area contributed by atoms with E-state index in [1.165, 1.54) is 0 Å². The minimum Gasteiger partial charge on any atom is -0.430 e. The molecule has 0 spiro atoms. The van der Waals surface area contributed by atoms with E-state index in [1.54, 1.807) is 0 Å². The molecule has 2 rings (SSSR count). The SMILES string of the molecule is O=[N+]([O-])c1cc(Br)c(F)cc1Oc1ncnc(Cl)c1Br. The second kappa shape index (κ2) is 5.98. The summed E-state index contributed by atoms with van der Waals surface area (Å²) in [6, 6.07) is 1.88. The molecule has 10 heteroatoms. The van der Waals surface area contributed by atoms with Crippen molar-refractivity contribution >= 4 is 49.1 Å². The number of benzene rings is 1. The fourth-order valence-corrected chi connectivity index (χ4v) is 1.99. The summed E-state index contributed by atoms with van der Waals surface area (Å²) in [5.41, 5.74) is -0.417. The number of nitro groups is 1. The highest BCUT2D eigenvalue weighted by molar-refractivity contribution is 9.10. The Labute approximate surface area is 133 Å². The van der Waals surface area contributed by atoms with Gasteiger partial charge in [-0.25, -0.2) is 14.4 Å². The van der Waals surface area contributed by atoms with Gasteiger partial charge in [-0.15, -0.1) is 0 Å². The summed E-state index contributed by atoms with van der Waals surface area (Å²) in [4.78, 5) is 17.7. The zero-order chi connectivity index (χ0) is 14.9. The van der Waals surface area contributed by atoms with E-state index in [0.717, 1.165) is 18.5 Å². The standard InChI is InChI=1S/C10H3Br2ClFN3O3/c11-4-1-6(17(18)19)7(2-5(4)14)20-10-8(12)9(13)15-3-16-10/h1-3H. The highest BCUT2D eigenvalue weighted by Gasteiger charge is 2.21. The quantitative estimate of drug-likeness (QED) is 0.410. The molecule has 0 bridgehead atoms. The van der Waals surface area contributed by atoms with E-state index in [1.807, 2.05) is 0 Å². The molecular weight excluding hydrogens is 424 g/mol. The van der Waals surface area contributed by atoms with E-state index in [9.17, 15) is 14.5 Å². The molecule has 1 heterocycles. The molecule has 0 unspecified atom stereocenters. The molecule has 0 fully saturated rings. The van der Waals surface area contributed by atoms with Crippen molar-refractivity contribution in [3.8, 4) is 11.6 Å². The van der Waals surface area contributed by atoms with Crippen LogP contribution in [0.25, 0.3) is 0 Å². The maximum atomic E-state index is 13.5. The van der Waals surface area contributed by atoms with Crippen LogP contribution in [0, 0.1) is 15.9 Å². The van der Waals surface area contributed by atoms with Crippen molar-refractivity contribution < 1.29 is 14.1 Å². The van der Waals surface area contributed by atoms with E-state index >= 15 is 0 Å². The maximum absolute atomic E-state index is 13.5. The number of nitro benzene ring substituents is 1. The van der Waals surface area contributed by atoms with Gasteiger partial charge in [-0.05, 0) is 31.9 Å². The molecule has 6 nitrogen and oxygen atoms in total. The van der Waals surface area contributed by atoms with E-state index in [-0.39, 0.29) is 25.7 Å². The number of hydrogen-bond acceptors (Lipinski definition) is 5. The summed E-state index contributed by atoms with van der Waals surface area (Å²) in [7, 11) is 0. The van der Waals surface area contributed by atoms with Crippen LogP contribution in [0.3, 0.4) is 0 Å². The molecule has 0 aliphatic carbocycles. The van der Waals surface area contributed by atoms with E-state index in [2.05, 4.69) is 41.8 Å². The Morgan fingerprint density at radius 2 is 2.05 bits per heavy atom. The van der Waals surface area contributed by atoms with E-state index in [0.29, 0.717) is 0 Å². The van der Waals surface area contributed by atoms with Crippen LogP contribution in [-0.4, -0.2) is 14.9 Å². The van der Waals surface area contributed by atoms with Crippen molar-refractivity contribution in [2.75, 3.05) is 0 Å². The molecule has 2 aromatic rings. The lowest BCUT2D eigenvalue weighted by atomic mass is 10.3. The molecule has 0 aliphatic rings. The van der Waals surface area contributed by atoms with Crippen molar-refractivity contribution in [2.24, 2.45) is 0 Å². The maximum Gasteiger partial charge on any atom is 0.312 e. The molecule has 1 aromatic heterocycles. The zero-order valence-electron chi connectivity index (χ0n) is 9.31. The highest BCUT2D eigenvalue weighted by Crippen LogP contribution is 2.38. The van der Waals surface area contributed by atoms with Crippen LogP contribution in [0.15, 0.2) is 27.4 Å². The summed E-state index contributed by atoms with van der Waals surface area (Å²) in [6.07, 6.45) is 1.11. The van der Waals surface area contributed by atoms with E-state index in [4.69, 9.17) is 16.3 Å². The van der Waals surface area contributed by atoms with Gasteiger partial charge >= 0.3 is 5.69 Å². The number of halogens is 4. The lowest BCUT2D eigenvalue weighted by Crippen LogP contribution is -1.97. The molecule has 20 heavy (non-hydrogen) atoms. The number of rotatable bonds is 3. The van der Waals surface area contributed by atoms with Crippen molar-refractivity contribution in [3.05, 3.63) is 48.5 Å². The van der Waals surface area contributed by atoms with Crippen LogP contribution in [-0.2, 0) is 0 Å². The number of hydrogen-bond donors (Lipinski definition) is 0. The van der Waals surface area contributed by atoms with Gasteiger partial charge in [0.2, 0.25) is 11.6 Å². The smallest absolute Gasteiger partial charge is 0.312 e. The Kier molecular flexibility index (Phi) is 4.51. The first kappa shape index (κ1) is 15.1. The summed E-state index contributed by atoms with van der Waals surface area (Å²) in [5.74, 6) is -1.07. The van der Waals surface area contributed by atoms with E-state index < -0.39 is 16.4 Å². The van der Waals surface area contributed by atoms with Crippen molar-refractivity contribution in [2.45, 2.75) is 0 Å². The third kappa shape index (κ3) is 3.05. The Balaban J connectivity index is 2.50. The van der Waals surface area contributed by atoms with Crippen LogP contribution < -0.4 is 4.74 Å². The van der Waals surface area contributed by atoms with Crippen LogP contribution in [0.4, 0.5) is 10.1 Å². The van der Waals surface area contributed by atoms with Gasteiger partial charge in [0.05, 0.1) is 9.40 Å². The Hall–Kier alpha value is -1.32. The average Bonchev–Trinajstić information content (AvgIpc) is 2.38. The Bertz CT molecular complexity index is 702. The topological polar surface area (TPSA) is 78.2 Å². The normalized spacial score (nSPS) is 10.4. The monoisotopic (exact) mass is 425 g/mol. The average molecular weight is 427 g/mol. The van der Waals surface area contributed by atoms with Crippen molar-refractivity contribution in [3.63, 3.8) is 0 Å². The Morgan fingerprint density at radius 3 is 2.70 bits per heavy atom. The molecule has 1 aromatic carbocycles. The fourth-order valence-electron chi connectivity index (χ4n) is 1.25. The number of nitrogens with zero attached hydrogens (tertiary/aromatic N) is 3. The van der Waals surface area contributed by atoms with Gasteiger partial charge in [0.15, 0.2) is 5.15 Å². The molecule has 0 saturated carbocycles. The van der Waals surface area contributed by atoms with Gasteiger partial charge in [-0.3, -0.25) is 10.1 Å². The predicted molar refractivity (Wildman–Crippen MR) is 75.6 cm³/mol. The third-order valence-corrected chi connectivity index (χ3v) is 3.96. The first-order chi connectivity index (χ1) is 9.40. The first-order valence-electron chi connectivity index (χ1n) is 4.87. The molecule has 0 atom stereocenters. The number of aromatic nitrogens is 2. The molecule has 0 amide bonds. The van der Waals surface area contributed by atoms with Crippen LogP contribution >= 0.6 is 43.5 Å². The van der Waals surface area contributed by atoms with Gasteiger partial charge in [0.1, 0.15) is 16.6 Å². The van der Waals surface area contributed by atoms with Gasteiger partial charge in [-0.1, -0.05) is 11.6 Å². The molecule has 104 valence electrons. The van der Waals surface area contributed by atoms with Gasteiger partial charge < -0.3 is 4.74 Å². The third-order valence-electron chi connectivity index (χ3n) is 2.12. The van der Waals surface area contributed by atoms with Gasteiger partial charge in [0, 0.05) is 12.1 Å². The van der Waals surface area contributed by atoms with Crippen LogP contribution in [0.5, 0.6) is 11.6 Å². The molecule has 0 aliphatic heterocycles. The second-order valence-electron chi connectivity index (χ2n) is 3.38. The highest BCUT2D eigenvalue weighted by atomic mass is 79.9. The summed E-state index contributed by atoms with van der Waals surface area (Å²) in [5, 5.41) is 11.0. The summed E-state index contributed by atoms with van der Waals surface area (Å²) >= 11 is 11.7. The van der Waals surface area contributed by atoms with Crippen molar-refractivity contribution in [1.82, 2.24) is 9.97 Å². The lowest BCUT2D eigenvalue weighted by molar-refractivity contribution is -0.385. The van der Waals surface area contributed by atoms with Gasteiger partial charge in [0.25, 0.3) is 0 Å².